The quantitative estimate of drug-likeness (QED) is 0.537. The van der Waals surface area contributed by atoms with Gasteiger partial charge in [0.25, 0.3) is 0 Å². The van der Waals surface area contributed by atoms with Crippen molar-refractivity contribution in [2.24, 2.45) is 4.99 Å². The number of aliphatic hydroxyl groups is 1. The Bertz CT molecular complexity index is 1090. The van der Waals surface area contributed by atoms with E-state index < -0.39 is 0 Å². The highest BCUT2D eigenvalue weighted by atomic mass is 32.1. The van der Waals surface area contributed by atoms with Crippen LogP contribution < -0.4 is 4.74 Å². The van der Waals surface area contributed by atoms with Crippen LogP contribution in [0.25, 0.3) is 5.00 Å². The van der Waals surface area contributed by atoms with Crippen LogP contribution in [0.5, 0.6) is 5.75 Å². The summed E-state index contributed by atoms with van der Waals surface area (Å²) in [6.07, 6.45) is 0.647. The normalized spacial score (nSPS) is 15.3. The topological polar surface area (TPSA) is 81.8 Å². The van der Waals surface area contributed by atoms with E-state index in [2.05, 4.69) is 47.7 Å². The van der Waals surface area contributed by atoms with Gasteiger partial charge in [-0.15, -0.1) is 21.5 Å². The number of benzene rings is 1. The van der Waals surface area contributed by atoms with Crippen LogP contribution in [-0.2, 0) is 4.74 Å². The third kappa shape index (κ3) is 4.28. The molecule has 7 nitrogen and oxygen atoms in total. The number of hydrogen-bond donors (Lipinski definition) is 1. The van der Waals surface area contributed by atoms with E-state index in [0.717, 1.165) is 39.2 Å². The molecule has 8 heteroatoms. The number of aromatic nitrogens is 3. The molecule has 1 aromatic carbocycles. The van der Waals surface area contributed by atoms with Crippen LogP contribution in [0, 0.1) is 20.8 Å². The highest BCUT2D eigenvalue weighted by Gasteiger charge is 2.29. The van der Waals surface area contributed by atoms with Gasteiger partial charge in [0.1, 0.15) is 29.2 Å². The highest BCUT2D eigenvalue weighted by molar-refractivity contribution is 7.15. The van der Waals surface area contributed by atoms with Gasteiger partial charge in [-0.3, -0.25) is 9.56 Å². The molecule has 0 amide bonds. The fraction of sp³-hybridized carbons (Fsp3) is 0.435. The van der Waals surface area contributed by atoms with Crippen molar-refractivity contribution >= 4 is 17.0 Å². The van der Waals surface area contributed by atoms with Gasteiger partial charge in [0.15, 0.2) is 5.82 Å². The molecular formula is C23H28N4O3S. The molecule has 1 aliphatic rings. The molecule has 31 heavy (non-hydrogen) atoms. The van der Waals surface area contributed by atoms with Crippen molar-refractivity contribution in [3.63, 3.8) is 0 Å². The van der Waals surface area contributed by atoms with E-state index in [4.69, 9.17) is 19.6 Å². The van der Waals surface area contributed by atoms with E-state index in [9.17, 15) is 0 Å². The third-order valence-corrected chi connectivity index (χ3v) is 6.62. The maximum absolute atomic E-state index is 8.77. The molecule has 1 atom stereocenters. The minimum absolute atomic E-state index is 0.0949. The molecule has 4 rings (SSSR count). The Kier molecular flexibility index (Phi) is 6.50. The SMILES string of the molecule is Cc1sc2c(c1C)C(c1ccc(OCCOCCCO)cc1)=N[C@@H](C)c1nnc(C)n1-2. The number of fused-ring (bicyclic) bond motifs is 3. The standard InChI is InChI=1S/C23H28N4O3S/c1-14-16(3)31-23-20(14)21(24-15(2)22-26-25-17(4)27(22)23)18-6-8-19(9-7-18)30-13-12-29-11-5-10-28/h6-9,15,28H,5,10-13H2,1-4H3/t15-/m0/s1. The van der Waals surface area contributed by atoms with Gasteiger partial charge < -0.3 is 14.6 Å². The molecule has 0 unspecified atom stereocenters. The van der Waals surface area contributed by atoms with E-state index >= 15 is 0 Å². The van der Waals surface area contributed by atoms with Gasteiger partial charge in [0, 0.05) is 29.2 Å². The van der Waals surface area contributed by atoms with E-state index in [-0.39, 0.29) is 12.6 Å². The van der Waals surface area contributed by atoms with Gasteiger partial charge in [0.05, 0.1) is 12.3 Å². The summed E-state index contributed by atoms with van der Waals surface area (Å²) in [4.78, 5) is 6.34. The summed E-state index contributed by atoms with van der Waals surface area (Å²) < 4.78 is 13.3. The molecule has 0 aliphatic carbocycles. The van der Waals surface area contributed by atoms with Crippen LogP contribution in [-0.4, -0.2) is 52.0 Å². The lowest BCUT2D eigenvalue weighted by atomic mass is 9.99. The molecule has 3 aromatic rings. The Hall–Kier alpha value is -2.55. The fourth-order valence-corrected chi connectivity index (χ4v) is 4.89. The van der Waals surface area contributed by atoms with Crippen LogP contribution in [0.1, 0.15) is 52.6 Å². The first-order chi connectivity index (χ1) is 15.0. The molecular weight excluding hydrogens is 412 g/mol. The highest BCUT2D eigenvalue weighted by Crippen LogP contribution is 2.38. The number of aliphatic imine (C=N–C) groups is 1. The summed E-state index contributed by atoms with van der Waals surface area (Å²) in [7, 11) is 0. The van der Waals surface area contributed by atoms with Gasteiger partial charge in [-0.25, -0.2) is 0 Å². The second kappa shape index (κ2) is 9.30. The Morgan fingerprint density at radius 1 is 1.06 bits per heavy atom. The smallest absolute Gasteiger partial charge is 0.162 e. The lowest BCUT2D eigenvalue weighted by molar-refractivity contribution is 0.0883. The summed E-state index contributed by atoms with van der Waals surface area (Å²) in [6, 6.07) is 7.97. The van der Waals surface area contributed by atoms with Crippen molar-refractivity contribution in [1.82, 2.24) is 14.8 Å². The molecule has 0 fully saturated rings. The third-order valence-electron chi connectivity index (χ3n) is 5.42. The zero-order valence-electron chi connectivity index (χ0n) is 18.4. The second-order valence-electron chi connectivity index (χ2n) is 7.62. The first kappa shape index (κ1) is 21.7. The van der Waals surface area contributed by atoms with Gasteiger partial charge in [0.2, 0.25) is 0 Å². The monoisotopic (exact) mass is 440 g/mol. The summed E-state index contributed by atoms with van der Waals surface area (Å²) in [5.74, 6) is 2.55. The lowest BCUT2D eigenvalue weighted by Crippen LogP contribution is -2.09. The molecule has 0 saturated carbocycles. The largest absolute Gasteiger partial charge is 0.491 e. The summed E-state index contributed by atoms with van der Waals surface area (Å²) in [6.45, 7) is 10.0. The zero-order valence-corrected chi connectivity index (χ0v) is 19.2. The molecule has 0 bridgehead atoms. The van der Waals surface area contributed by atoms with Crippen molar-refractivity contribution in [3.8, 4) is 10.8 Å². The number of thiophene rings is 1. The van der Waals surface area contributed by atoms with Crippen LogP contribution in [0.15, 0.2) is 29.3 Å². The predicted octanol–water partition coefficient (Wildman–Crippen LogP) is 3.94. The average molecular weight is 441 g/mol. The molecule has 0 radical (unpaired) electrons. The van der Waals surface area contributed by atoms with Gasteiger partial charge in [-0.05, 0) is 63.9 Å². The van der Waals surface area contributed by atoms with Crippen LogP contribution in [0.2, 0.25) is 0 Å². The molecule has 1 aliphatic heterocycles. The van der Waals surface area contributed by atoms with Crippen LogP contribution >= 0.6 is 11.3 Å². The number of ether oxygens (including phenoxy) is 2. The second-order valence-corrected chi connectivity index (χ2v) is 8.82. The summed E-state index contributed by atoms with van der Waals surface area (Å²) >= 11 is 1.76. The van der Waals surface area contributed by atoms with Crippen molar-refractivity contribution < 1.29 is 14.6 Å². The molecule has 3 heterocycles. The number of aryl methyl sites for hydroxylation is 2. The van der Waals surface area contributed by atoms with Gasteiger partial charge >= 0.3 is 0 Å². The predicted molar refractivity (Wildman–Crippen MR) is 122 cm³/mol. The number of rotatable bonds is 8. The first-order valence-corrected chi connectivity index (χ1v) is 11.3. The van der Waals surface area contributed by atoms with E-state index in [1.807, 2.05) is 19.1 Å². The molecule has 1 N–H and O–H groups in total. The Morgan fingerprint density at radius 2 is 1.84 bits per heavy atom. The number of nitrogens with zero attached hydrogens (tertiary/aromatic N) is 4. The maximum Gasteiger partial charge on any atom is 0.162 e. The maximum atomic E-state index is 8.77. The minimum Gasteiger partial charge on any atom is -0.491 e. The fourth-order valence-electron chi connectivity index (χ4n) is 3.68. The number of aliphatic hydroxyl groups excluding tert-OH is 1. The molecule has 2 aromatic heterocycles. The van der Waals surface area contributed by atoms with E-state index in [1.54, 1.807) is 11.3 Å². The van der Waals surface area contributed by atoms with Gasteiger partial charge in [-0.1, -0.05) is 0 Å². The van der Waals surface area contributed by atoms with E-state index in [1.165, 1.54) is 10.4 Å². The Morgan fingerprint density at radius 3 is 2.58 bits per heavy atom. The summed E-state index contributed by atoms with van der Waals surface area (Å²) in [5.41, 5.74) is 4.43. The summed E-state index contributed by atoms with van der Waals surface area (Å²) in [5, 5.41) is 18.6. The Labute approximate surface area is 186 Å². The zero-order chi connectivity index (χ0) is 22.0. The van der Waals surface area contributed by atoms with Crippen molar-refractivity contribution in [2.45, 2.75) is 40.2 Å². The lowest BCUT2D eigenvalue weighted by Gasteiger charge is -2.11. The van der Waals surface area contributed by atoms with Crippen LogP contribution in [0.3, 0.4) is 0 Å². The molecule has 0 spiro atoms. The minimum atomic E-state index is -0.0949. The van der Waals surface area contributed by atoms with Gasteiger partial charge in [-0.2, -0.15) is 0 Å². The van der Waals surface area contributed by atoms with E-state index in [0.29, 0.717) is 26.2 Å². The Balaban J connectivity index is 1.60. The first-order valence-electron chi connectivity index (χ1n) is 10.5. The average Bonchev–Trinajstić information content (AvgIpc) is 3.25. The van der Waals surface area contributed by atoms with Crippen LogP contribution in [0.4, 0.5) is 0 Å². The van der Waals surface area contributed by atoms with Crippen molar-refractivity contribution in [2.75, 3.05) is 26.4 Å². The molecule has 0 saturated heterocycles. The van der Waals surface area contributed by atoms with Crippen molar-refractivity contribution in [1.29, 1.82) is 0 Å². The molecule has 164 valence electrons. The van der Waals surface area contributed by atoms with Crippen molar-refractivity contribution in [3.05, 3.63) is 57.5 Å². The number of hydrogen-bond acceptors (Lipinski definition) is 7.